The van der Waals surface area contributed by atoms with Crippen molar-refractivity contribution in [1.82, 2.24) is 5.32 Å². The molecule has 27 heavy (non-hydrogen) atoms. The van der Waals surface area contributed by atoms with Gasteiger partial charge in [0.2, 0.25) is 5.91 Å². The number of carbonyl (C=O) groups excluding carboxylic acids is 1. The van der Waals surface area contributed by atoms with Crippen LogP contribution in [0.1, 0.15) is 34.7 Å². The van der Waals surface area contributed by atoms with Crippen molar-refractivity contribution in [2.75, 3.05) is 14.2 Å². The van der Waals surface area contributed by atoms with E-state index in [4.69, 9.17) is 9.47 Å². The summed E-state index contributed by atoms with van der Waals surface area (Å²) in [5.41, 5.74) is 3.52. The number of nitrogens with one attached hydrogen (secondary N) is 1. The number of methoxy groups -OCH3 is 2. The minimum absolute atomic E-state index is 0.171. The molecule has 0 saturated carbocycles. The van der Waals surface area contributed by atoms with Crippen LogP contribution >= 0.6 is 0 Å². The molecule has 0 aliphatic rings. The summed E-state index contributed by atoms with van der Waals surface area (Å²) in [6.07, 6.45) is 0.634. The molecule has 0 fully saturated rings. The van der Waals surface area contributed by atoms with Crippen molar-refractivity contribution >= 4 is 11.9 Å². The van der Waals surface area contributed by atoms with Gasteiger partial charge in [-0.1, -0.05) is 24.3 Å². The lowest BCUT2D eigenvalue weighted by Crippen LogP contribution is -2.33. The largest absolute Gasteiger partial charge is 0.493 e. The van der Waals surface area contributed by atoms with Crippen LogP contribution in [0.2, 0.25) is 0 Å². The third-order valence-corrected chi connectivity index (χ3v) is 4.51. The Morgan fingerprint density at radius 1 is 1.00 bits per heavy atom. The summed E-state index contributed by atoms with van der Waals surface area (Å²) in [5.74, 6) is -0.200. The lowest BCUT2D eigenvalue weighted by molar-refractivity contribution is -0.142. The lowest BCUT2D eigenvalue weighted by atomic mass is 10.0. The highest BCUT2D eigenvalue weighted by atomic mass is 16.5. The van der Waals surface area contributed by atoms with E-state index in [9.17, 15) is 14.7 Å². The molecule has 0 aliphatic carbocycles. The topological polar surface area (TPSA) is 84.9 Å². The van der Waals surface area contributed by atoms with Crippen molar-refractivity contribution in [3.8, 4) is 11.5 Å². The molecule has 6 nitrogen and oxygen atoms in total. The van der Waals surface area contributed by atoms with Crippen LogP contribution in [0, 0.1) is 13.8 Å². The van der Waals surface area contributed by atoms with Crippen LogP contribution in [-0.2, 0) is 16.0 Å². The summed E-state index contributed by atoms with van der Waals surface area (Å²) in [6, 6.07) is 9.76. The van der Waals surface area contributed by atoms with Crippen LogP contribution in [0.5, 0.6) is 11.5 Å². The summed E-state index contributed by atoms with van der Waals surface area (Å²) >= 11 is 0. The standard InChI is InChI=1S/C21H25NO5/c1-13-5-8-16(11-14(13)2)20(21(24)25)22-19(23)10-7-15-6-9-17(26-3)18(12-15)27-4/h5-6,8-9,11-12,20H,7,10H2,1-4H3,(H,22,23)(H,24,25). The molecule has 0 spiro atoms. The molecule has 0 bridgehead atoms. The van der Waals surface area contributed by atoms with Crippen LogP contribution < -0.4 is 14.8 Å². The molecule has 2 N–H and O–H groups in total. The van der Waals surface area contributed by atoms with Gasteiger partial charge in [-0.3, -0.25) is 4.79 Å². The molecule has 0 radical (unpaired) electrons. The Bertz CT molecular complexity index is 831. The third-order valence-electron chi connectivity index (χ3n) is 4.51. The SMILES string of the molecule is COc1ccc(CCC(=O)NC(C(=O)O)c2ccc(C)c(C)c2)cc1OC. The van der Waals surface area contributed by atoms with Crippen molar-refractivity contribution in [1.29, 1.82) is 0 Å². The number of carboxylic acids is 1. The second-order valence-electron chi connectivity index (χ2n) is 6.37. The molecule has 0 saturated heterocycles. The van der Waals surface area contributed by atoms with E-state index in [1.54, 1.807) is 32.4 Å². The molecule has 6 heteroatoms. The van der Waals surface area contributed by atoms with Crippen LogP contribution in [0.3, 0.4) is 0 Å². The van der Waals surface area contributed by atoms with Gasteiger partial charge >= 0.3 is 5.97 Å². The summed E-state index contributed by atoms with van der Waals surface area (Å²) in [6.45, 7) is 3.87. The summed E-state index contributed by atoms with van der Waals surface area (Å²) in [4.78, 5) is 23.9. The van der Waals surface area contributed by atoms with Crippen molar-refractivity contribution in [3.63, 3.8) is 0 Å². The molecule has 2 rings (SSSR count). The molecule has 2 aromatic rings. The molecule has 0 aromatic heterocycles. The maximum Gasteiger partial charge on any atom is 0.330 e. The van der Waals surface area contributed by atoms with Gasteiger partial charge in [-0.15, -0.1) is 0 Å². The van der Waals surface area contributed by atoms with Gasteiger partial charge < -0.3 is 19.9 Å². The number of benzene rings is 2. The Hall–Kier alpha value is -3.02. The van der Waals surface area contributed by atoms with Gasteiger partial charge in [0.1, 0.15) is 0 Å². The molecule has 1 unspecified atom stereocenters. The van der Waals surface area contributed by atoms with E-state index >= 15 is 0 Å². The molecule has 1 atom stereocenters. The van der Waals surface area contributed by atoms with Crippen molar-refractivity contribution < 1.29 is 24.2 Å². The van der Waals surface area contributed by atoms with Gasteiger partial charge in [-0.05, 0) is 54.7 Å². The van der Waals surface area contributed by atoms with Gasteiger partial charge in [0.25, 0.3) is 0 Å². The van der Waals surface area contributed by atoms with Crippen molar-refractivity contribution in [2.24, 2.45) is 0 Å². The average Bonchev–Trinajstić information content (AvgIpc) is 2.66. The van der Waals surface area contributed by atoms with Crippen LogP contribution in [0.15, 0.2) is 36.4 Å². The molecule has 0 aliphatic heterocycles. The van der Waals surface area contributed by atoms with Crippen LogP contribution in [-0.4, -0.2) is 31.2 Å². The second kappa shape index (κ2) is 9.07. The van der Waals surface area contributed by atoms with E-state index in [-0.39, 0.29) is 12.3 Å². The van der Waals surface area contributed by atoms with Crippen molar-refractivity contribution in [3.05, 3.63) is 58.7 Å². The third kappa shape index (κ3) is 5.23. The number of hydrogen-bond donors (Lipinski definition) is 2. The molecule has 1 amide bonds. The number of amides is 1. The predicted octanol–water partition coefficient (Wildman–Crippen LogP) is 3.20. The molecule has 144 valence electrons. The first-order valence-electron chi connectivity index (χ1n) is 8.66. The summed E-state index contributed by atoms with van der Waals surface area (Å²) in [7, 11) is 3.11. The van der Waals surface area contributed by atoms with Gasteiger partial charge in [-0.2, -0.15) is 0 Å². The number of ether oxygens (including phenoxy) is 2. The maximum absolute atomic E-state index is 12.3. The zero-order chi connectivity index (χ0) is 20.0. The Labute approximate surface area is 159 Å². The number of hydrogen-bond acceptors (Lipinski definition) is 4. The van der Waals surface area contributed by atoms with E-state index in [0.29, 0.717) is 23.5 Å². The molecular formula is C21H25NO5. The van der Waals surface area contributed by atoms with E-state index in [1.165, 1.54) is 0 Å². The van der Waals surface area contributed by atoms with Gasteiger partial charge in [0, 0.05) is 6.42 Å². The Morgan fingerprint density at radius 2 is 1.70 bits per heavy atom. The fourth-order valence-electron chi connectivity index (χ4n) is 2.76. The van der Waals surface area contributed by atoms with Crippen LogP contribution in [0.4, 0.5) is 0 Å². The molecule has 2 aromatic carbocycles. The number of aliphatic carboxylic acids is 1. The predicted molar refractivity (Wildman–Crippen MR) is 102 cm³/mol. The number of aryl methyl sites for hydroxylation is 3. The number of carbonyl (C=O) groups is 2. The lowest BCUT2D eigenvalue weighted by Gasteiger charge is -2.16. The summed E-state index contributed by atoms with van der Waals surface area (Å²) < 4.78 is 10.4. The highest BCUT2D eigenvalue weighted by Crippen LogP contribution is 2.28. The Kier molecular flexibility index (Phi) is 6.82. The number of rotatable bonds is 8. The van der Waals surface area contributed by atoms with Crippen LogP contribution in [0.25, 0.3) is 0 Å². The fraction of sp³-hybridized carbons (Fsp3) is 0.333. The second-order valence-corrected chi connectivity index (χ2v) is 6.37. The minimum atomic E-state index is -1.09. The maximum atomic E-state index is 12.3. The van der Waals surface area contributed by atoms with Gasteiger partial charge in [-0.25, -0.2) is 4.79 Å². The van der Waals surface area contributed by atoms with Gasteiger partial charge in [0.05, 0.1) is 14.2 Å². The van der Waals surface area contributed by atoms with E-state index in [2.05, 4.69) is 5.32 Å². The Balaban J connectivity index is 2.04. The zero-order valence-corrected chi connectivity index (χ0v) is 16.0. The monoisotopic (exact) mass is 371 g/mol. The fourth-order valence-corrected chi connectivity index (χ4v) is 2.76. The minimum Gasteiger partial charge on any atom is -0.493 e. The van der Waals surface area contributed by atoms with E-state index in [0.717, 1.165) is 16.7 Å². The highest BCUT2D eigenvalue weighted by molar-refractivity contribution is 5.84. The highest BCUT2D eigenvalue weighted by Gasteiger charge is 2.22. The van der Waals surface area contributed by atoms with Crippen molar-refractivity contribution in [2.45, 2.75) is 32.7 Å². The number of carboxylic acid groups (broad SMARTS) is 1. The van der Waals surface area contributed by atoms with Gasteiger partial charge in [0.15, 0.2) is 17.5 Å². The first-order valence-corrected chi connectivity index (χ1v) is 8.66. The average molecular weight is 371 g/mol. The normalized spacial score (nSPS) is 11.6. The first kappa shape index (κ1) is 20.3. The molecular weight excluding hydrogens is 346 g/mol. The van der Waals surface area contributed by atoms with E-state index < -0.39 is 12.0 Å². The first-order chi connectivity index (χ1) is 12.8. The summed E-state index contributed by atoms with van der Waals surface area (Å²) in [5, 5.41) is 12.1. The smallest absolute Gasteiger partial charge is 0.330 e. The van der Waals surface area contributed by atoms with E-state index in [1.807, 2.05) is 32.0 Å². The molecule has 0 heterocycles. The quantitative estimate of drug-likeness (QED) is 0.744. The Morgan fingerprint density at radius 3 is 2.30 bits per heavy atom. The zero-order valence-electron chi connectivity index (χ0n) is 16.0.